The minimum atomic E-state index is -4.40. The molecule has 0 heterocycles. The van der Waals surface area contributed by atoms with Gasteiger partial charge in [-0.2, -0.15) is 13.2 Å². The molecule has 28 heavy (non-hydrogen) atoms. The summed E-state index contributed by atoms with van der Waals surface area (Å²) < 4.78 is 66.1. The number of hydrogen-bond donors (Lipinski definition) is 2. The Kier molecular flexibility index (Phi) is 7.03. The summed E-state index contributed by atoms with van der Waals surface area (Å²) in [6.07, 6.45) is -4.40. The zero-order chi connectivity index (χ0) is 20.8. The standard InChI is InChI=1S/C18H19F3N2O4S/c1-27-10-11-28(25,26)14-8-6-13(7-9-14)17(24)23-16-5-3-2-4-15(16)22-12-18(19,20)21/h2-9,22H,10-12H2,1H3,(H,23,24). The lowest BCUT2D eigenvalue weighted by atomic mass is 10.2. The number of benzene rings is 2. The Bertz CT molecular complexity index is 913. The maximum atomic E-state index is 12.4. The number of amides is 1. The molecule has 6 nitrogen and oxygen atoms in total. The number of halogens is 3. The van der Waals surface area contributed by atoms with Crippen LogP contribution < -0.4 is 10.6 Å². The molecule has 0 fully saturated rings. The fourth-order valence-corrected chi connectivity index (χ4v) is 3.43. The van der Waals surface area contributed by atoms with Crippen LogP contribution in [0.5, 0.6) is 0 Å². The molecule has 1 amide bonds. The molecule has 0 saturated carbocycles. The van der Waals surface area contributed by atoms with E-state index < -0.39 is 28.5 Å². The molecular formula is C18H19F3N2O4S. The molecule has 0 aromatic heterocycles. The number of carbonyl (C=O) groups is 1. The van der Waals surface area contributed by atoms with Gasteiger partial charge in [0.05, 0.1) is 28.6 Å². The first-order valence-electron chi connectivity index (χ1n) is 8.15. The highest BCUT2D eigenvalue weighted by molar-refractivity contribution is 7.91. The topological polar surface area (TPSA) is 84.5 Å². The van der Waals surface area contributed by atoms with Crippen molar-refractivity contribution in [2.45, 2.75) is 11.1 Å². The molecule has 0 aliphatic carbocycles. The molecule has 2 aromatic rings. The second kappa shape index (κ2) is 9.07. The number of rotatable bonds is 8. The van der Waals surface area contributed by atoms with Crippen molar-refractivity contribution < 1.29 is 31.1 Å². The molecular weight excluding hydrogens is 397 g/mol. The van der Waals surface area contributed by atoms with E-state index in [0.717, 1.165) is 0 Å². The van der Waals surface area contributed by atoms with Crippen LogP contribution in [-0.2, 0) is 14.6 Å². The Morgan fingerprint density at radius 3 is 2.21 bits per heavy atom. The summed E-state index contributed by atoms with van der Waals surface area (Å²) in [5, 5.41) is 4.75. The summed E-state index contributed by atoms with van der Waals surface area (Å²) in [5.74, 6) is -0.769. The molecule has 0 aliphatic rings. The predicted octanol–water partition coefficient (Wildman–Crippen LogP) is 3.33. The lowest BCUT2D eigenvalue weighted by molar-refractivity contribution is -0.115. The van der Waals surface area contributed by atoms with E-state index in [2.05, 4.69) is 10.6 Å². The third-order valence-corrected chi connectivity index (χ3v) is 5.38. The van der Waals surface area contributed by atoms with E-state index in [-0.39, 0.29) is 34.2 Å². The van der Waals surface area contributed by atoms with E-state index in [1.54, 1.807) is 6.07 Å². The zero-order valence-corrected chi connectivity index (χ0v) is 15.7. The van der Waals surface area contributed by atoms with E-state index >= 15 is 0 Å². The maximum Gasteiger partial charge on any atom is 0.405 e. The number of nitrogens with one attached hydrogen (secondary N) is 2. The summed E-state index contributed by atoms with van der Waals surface area (Å²) in [7, 11) is -2.13. The lowest BCUT2D eigenvalue weighted by Crippen LogP contribution is -2.22. The van der Waals surface area contributed by atoms with Gasteiger partial charge in [0.25, 0.3) is 5.91 Å². The summed E-state index contributed by atoms with van der Waals surface area (Å²) in [5.41, 5.74) is 0.455. The minimum absolute atomic E-state index is 0.0479. The van der Waals surface area contributed by atoms with Gasteiger partial charge in [0.2, 0.25) is 0 Å². The van der Waals surface area contributed by atoms with E-state index in [0.29, 0.717) is 0 Å². The number of ether oxygens (including phenoxy) is 1. The Hall–Kier alpha value is -2.59. The highest BCUT2D eigenvalue weighted by Gasteiger charge is 2.27. The minimum Gasteiger partial charge on any atom is -0.384 e. The quantitative estimate of drug-likeness (QED) is 0.690. The molecule has 2 rings (SSSR count). The monoisotopic (exact) mass is 416 g/mol. The van der Waals surface area contributed by atoms with Gasteiger partial charge in [-0.05, 0) is 36.4 Å². The lowest BCUT2D eigenvalue weighted by Gasteiger charge is -2.14. The molecule has 0 unspecified atom stereocenters. The van der Waals surface area contributed by atoms with Gasteiger partial charge in [-0.25, -0.2) is 8.42 Å². The molecule has 0 saturated heterocycles. The Balaban J connectivity index is 2.12. The van der Waals surface area contributed by atoms with E-state index in [1.165, 1.54) is 49.6 Å². The van der Waals surface area contributed by atoms with Crippen LogP contribution >= 0.6 is 0 Å². The van der Waals surface area contributed by atoms with Crippen molar-refractivity contribution in [3.05, 3.63) is 54.1 Å². The zero-order valence-electron chi connectivity index (χ0n) is 14.9. The smallest absolute Gasteiger partial charge is 0.384 e. The fourth-order valence-electron chi connectivity index (χ4n) is 2.26. The molecule has 2 aromatic carbocycles. The number of alkyl halides is 3. The van der Waals surface area contributed by atoms with Crippen molar-refractivity contribution in [2.75, 3.05) is 36.6 Å². The molecule has 0 bridgehead atoms. The van der Waals surface area contributed by atoms with E-state index in [4.69, 9.17) is 4.74 Å². The number of sulfone groups is 1. The van der Waals surface area contributed by atoms with E-state index in [9.17, 15) is 26.4 Å². The molecule has 0 aliphatic heterocycles. The van der Waals surface area contributed by atoms with Crippen molar-refractivity contribution in [3.63, 3.8) is 0 Å². The summed E-state index contributed by atoms with van der Waals surface area (Å²) >= 11 is 0. The van der Waals surface area contributed by atoms with Gasteiger partial charge >= 0.3 is 6.18 Å². The first-order valence-corrected chi connectivity index (χ1v) is 9.80. The van der Waals surface area contributed by atoms with Crippen LogP contribution in [0.2, 0.25) is 0 Å². The van der Waals surface area contributed by atoms with Crippen LogP contribution in [0.25, 0.3) is 0 Å². The summed E-state index contributed by atoms with van der Waals surface area (Å²) in [6, 6.07) is 11.2. The van der Waals surface area contributed by atoms with Crippen molar-refractivity contribution in [2.24, 2.45) is 0 Å². The molecule has 10 heteroatoms. The van der Waals surface area contributed by atoms with Gasteiger partial charge in [-0.15, -0.1) is 0 Å². The Morgan fingerprint density at radius 1 is 1.04 bits per heavy atom. The van der Waals surface area contributed by atoms with Crippen LogP contribution in [-0.4, -0.2) is 46.5 Å². The van der Waals surface area contributed by atoms with Crippen molar-refractivity contribution >= 4 is 27.1 Å². The molecule has 0 atom stereocenters. The van der Waals surface area contributed by atoms with Crippen molar-refractivity contribution in [1.82, 2.24) is 0 Å². The predicted molar refractivity (Wildman–Crippen MR) is 99.3 cm³/mol. The third kappa shape index (κ3) is 6.24. The van der Waals surface area contributed by atoms with Crippen LogP contribution in [0.4, 0.5) is 24.5 Å². The molecule has 0 radical (unpaired) electrons. The average Bonchev–Trinajstić information content (AvgIpc) is 2.65. The molecule has 2 N–H and O–H groups in total. The van der Waals surface area contributed by atoms with Gasteiger partial charge in [0, 0.05) is 12.7 Å². The number of methoxy groups -OCH3 is 1. The van der Waals surface area contributed by atoms with Gasteiger partial charge < -0.3 is 15.4 Å². The second-order valence-corrected chi connectivity index (χ2v) is 7.91. The Morgan fingerprint density at radius 2 is 1.64 bits per heavy atom. The number of hydrogen-bond acceptors (Lipinski definition) is 5. The normalized spacial score (nSPS) is 11.9. The fraction of sp³-hybridized carbons (Fsp3) is 0.278. The van der Waals surface area contributed by atoms with Crippen LogP contribution in [0.3, 0.4) is 0 Å². The van der Waals surface area contributed by atoms with Crippen LogP contribution in [0.1, 0.15) is 10.4 Å². The Labute approximate surface area is 160 Å². The maximum absolute atomic E-state index is 12.4. The summed E-state index contributed by atoms with van der Waals surface area (Å²) in [4.78, 5) is 12.4. The van der Waals surface area contributed by atoms with Crippen molar-refractivity contribution in [3.8, 4) is 0 Å². The first-order chi connectivity index (χ1) is 13.1. The van der Waals surface area contributed by atoms with Gasteiger partial charge in [0.1, 0.15) is 6.54 Å². The van der Waals surface area contributed by atoms with Gasteiger partial charge in [0.15, 0.2) is 9.84 Å². The van der Waals surface area contributed by atoms with Crippen molar-refractivity contribution in [1.29, 1.82) is 0 Å². The molecule has 0 spiro atoms. The van der Waals surface area contributed by atoms with E-state index in [1.807, 2.05) is 0 Å². The highest BCUT2D eigenvalue weighted by atomic mass is 32.2. The molecule has 152 valence electrons. The van der Waals surface area contributed by atoms with Gasteiger partial charge in [-0.3, -0.25) is 4.79 Å². The number of anilines is 2. The van der Waals surface area contributed by atoms with Gasteiger partial charge in [-0.1, -0.05) is 12.1 Å². The van der Waals surface area contributed by atoms with Crippen LogP contribution in [0.15, 0.2) is 53.4 Å². The highest BCUT2D eigenvalue weighted by Crippen LogP contribution is 2.24. The SMILES string of the molecule is COCCS(=O)(=O)c1ccc(C(=O)Nc2ccccc2NCC(F)(F)F)cc1. The largest absolute Gasteiger partial charge is 0.405 e. The first kappa shape index (κ1) is 21.7. The van der Waals surface area contributed by atoms with Crippen LogP contribution in [0, 0.1) is 0 Å². The average molecular weight is 416 g/mol. The summed E-state index contributed by atoms with van der Waals surface area (Å²) in [6.45, 7) is -1.19. The second-order valence-electron chi connectivity index (χ2n) is 5.80. The third-order valence-electron chi connectivity index (χ3n) is 3.69. The number of carbonyl (C=O) groups excluding carboxylic acids is 1. The number of para-hydroxylation sites is 2.